The van der Waals surface area contributed by atoms with Crippen molar-refractivity contribution in [2.75, 3.05) is 6.54 Å². The number of hydrogen-bond acceptors (Lipinski definition) is 6. The molecule has 31 heavy (non-hydrogen) atoms. The first-order chi connectivity index (χ1) is 15.2. The number of rotatable bonds is 4. The van der Waals surface area contributed by atoms with Gasteiger partial charge in [0.25, 0.3) is 5.56 Å². The van der Waals surface area contributed by atoms with Crippen LogP contribution >= 0.6 is 0 Å². The first-order valence-corrected chi connectivity index (χ1v) is 10.0. The minimum absolute atomic E-state index is 0.129. The summed E-state index contributed by atoms with van der Waals surface area (Å²) >= 11 is 0. The van der Waals surface area contributed by atoms with Gasteiger partial charge in [-0.15, -0.1) is 0 Å². The zero-order chi connectivity index (χ0) is 21.2. The summed E-state index contributed by atoms with van der Waals surface area (Å²) in [5, 5.41) is 9.14. The van der Waals surface area contributed by atoms with Crippen LogP contribution in [0.15, 0.2) is 70.1 Å². The lowest BCUT2D eigenvalue weighted by atomic mass is 10.1. The van der Waals surface area contributed by atoms with E-state index in [1.54, 1.807) is 24.5 Å². The van der Waals surface area contributed by atoms with Crippen molar-refractivity contribution in [2.45, 2.75) is 19.5 Å². The quantitative estimate of drug-likeness (QED) is 0.554. The Morgan fingerprint density at radius 2 is 2.03 bits per heavy atom. The molecule has 4 heterocycles. The molecule has 5 rings (SSSR count). The van der Waals surface area contributed by atoms with Gasteiger partial charge in [0.1, 0.15) is 0 Å². The molecule has 152 valence electrons. The molecule has 1 aromatic carbocycles. The Hall–Kier alpha value is -4.02. The van der Waals surface area contributed by atoms with Gasteiger partial charge in [0.15, 0.2) is 11.6 Å². The first kappa shape index (κ1) is 19.0. The lowest BCUT2D eigenvalue weighted by Gasteiger charge is -2.27. The number of nitrogens with zero attached hydrogens (tertiary/aromatic N) is 4. The van der Waals surface area contributed by atoms with Crippen molar-refractivity contribution in [3.05, 3.63) is 93.7 Å². The van der Waals surface area contributed by atoms with Crippen LogP contribution < -0.4 is 5.56 Å². The van der Waals surface area contributed by atoms with Gasteiger partial charge in [0.05, 0.1) is 40.5 Å². The molecule has 0 unspecified atom stereocenters. The molecular formula is C24H19N5O2. The maximum absolute atomic E-state index is 12.7. The summed E-state index contributed by atoms with van der Waals surface area (Å²) < 4.78 is 5.36. The number of H-pyrrole nitrogens is 1. The monoisotopic (exact) mass is 409 g/mol. The molecule has 0 bridgehead atoms. The zero-order valence-electron chi connectivity index (χ0n) is 16.7. The molecule has 7 heteroatoms. The van der Waals surface area contributed by atoms with Gasteiger partial charge in [-0.05, 0) is 36.4 Å². The molecule has 0 fully saturated rings. The largest absolute Gasteiger partial charge is 0.461 e. The fourth-order valence-electron chi connectivity index (χ4n) is 3.85. The molecule has 1 aliphatic heterocycles. The highest BCUT2D eigenvalue weighted by atomic mass is 16.3. The molecule has 0 atom stereocenters. The van der Waals surface area contributed by atoms with Gasteiger partial charge in [0, 0.05) is 31.6 Å². The first-order valence-electron chi connectivity index (χ1n) is 10.0. The summed E-state index contributed by atoms with van der Waals surface area (Å²) in [7, 11) is 0. The van der Waals surface area contributed by atoms with Gasteiger partial charge in [-0.2, -0.15) is 5.26 Å². The molecule has 0 radical (unpaired) electrons. The molecule has 0 aliphatic carbocycles. The molecule has 1 aliphatic rings. The highest BCUT2D eigenvalue weighted by Gasteiger charge is 2.22. The fourth-order valence-corrected chi connectivity index (χ4v) is 3.85. The normalized spacial score (nSPS) is 13.5. The van der Waals surface area contributed by atoms with Crippen molar-refractivity contribution in [1.29, 1.82) is 5.26 Å². The predicted molar refractivity (Wildman–Crippen MR) is 115 cm³/mol. The summed E-state index contributed by atoms with van der Waals surface area (Å²) in [5.74, 6) is 1.03. The van der Waals surface area contributed by atoms with Crippen molar-refractivity contribution in [3.8, 4) is 28.9 Å². The van der Waals surface area contributed by atoms with Crippen LogP contribution in [-0.4, -0.2) is 26.4 Å². The lowest BCUT2D eigenvalue weighted by Crippen LogP contribution is -2.35. The number of nitriles is 1. The number of nitrogens with one attached hydrogen (secondary N) is 1. The second-order valence-electron chi connectivity index (χ2n) is 7.48. The minimum atomic E-state index is -0.129. The molecule has 0 amide bonds. The third-order valence-electron chi connectivity index (χ3n) is 5.38. The van der Waals surface area contributed by atoms with Crippen LogP contribution in [-0.2, 0) is 19.5 Å². The van der Waals surface area contributed by atoms with E-state index in [0.717, 1.165) is 29.2 Å². The summed E-state index contributed by atoms with van der Waals surface area (Å²) in [5.41, 5.74) is 4.65. The topological polar surface area (TPSA) is 98.8 Å². The summed E-state index contributed by atoms with van der Waals surface area (Å²) in [4.78, 5) is 27.1. The SMILES string of the molecule is N#Cc1cccc(-c2cccc(CN3CCc4nc(-c5ccco5)[nH]c(=O)c4C3)n2)c1. The van der Waals surface area contributed by atoms with Crippen LogP contribution in [0.4, 0.5) is 0 Å². The van der Waals surface area contributed by atoms with E-state index in [1.807, 2.05) is 36.4 Å². The van der Waals surface area contributed by atoms with Crippen LogP contribution in [0.1, 0.15) is 22.5 Å². The van der Waals surface area contributed by atoms with Gasteiger partial charge in [-0.25, -0.2) is 4.98 Å². The zero-order valence-corrected chi connectivity index (χ0v) is 16.7. The molecule has 0 saturated carbocycles. The van der Waals surface area contributed by atoms with E-state index in [9.17, 15) is 4.79 Å². The average molecular weight is 409 g/mol. The number of benzene rings is 1. The van der Waals surface area contributed by atoms with E-state index in [4.69, 9.17) is 14.7 Å². The standard InChI is InChI=1S/C24H19N5O2/c25-13-16-4-1-5-17(12-16)20-7-2-6-18(26-20)14-29-10-9-21-19(15-29)24(30)28-23(27-21)22-8-3-11-31-22/h1-8,11-12H,9-10,14-15H2,(H,27,28,30). The second kappa shape index (κ2) is 8.01. The van der Waals surface area contributed by atoms with Crippen LogP contribution in [0.25, 0.3) is 22.8 Å². The maximum Gasteiger partial charge on any atom is 0.256 e. The highest BCUT2D eigenvalue weighted by Crippen LogP contribution is 2.22. The Morgan fingerprint density at radius 3 is 2.87 bits per heavy atom. The molecule has 0 saturated heterocycles. The molecule has 7 nitrogen and oxygen atoms in total. The number of furan rings is 1. The summed E-state index contributed by atoms with van der Waals surface area (Å²) in [6, 6.07) is 19.0. The van der Waals surface area contributed by atoms with Crippen molar-refractivity contribution in [1.82, 2.24) is 19.9 Å². The van der Waals surface area contributed by atoms with Gasteiger partial charge in [-0.1, -0.05) is 18.2 Å². The van der Waals surface area contributed by atoms with Gasteiger partial charge in [-0.3, -0.25) is 14.7 Å². The van der Waals surface area contributed by atoms with E-state index in [0.29, 0.717) is 42.2 Å². The Morgan fingerprint density at radius 1 is 1.13 bits per heavy atom. The molecular weight excluding hydrogens is 390 g/mol. The van der Waals surface area contributed by atoms with Gasteiger partial charge < -0.3 is 9.40 Å². The van der Waals surface area contributed by atoms with Crippen LogP contribution in [0, 0.1) is 11.3 Å². The van der Waals surface area contributed by atoms with Crippen LogP contribution in [0.2, 0.25) is 0 Å². The van der Waals surface area contributed by atoms with E-state index < -0.39 is 0 Å². The fraction of sp³-hybridized carbons (Fsp3) is 0.167. The van der Waals surface area contributed by atoms with E-state index >= 15 is 0 Å². The summed E-state index contributed by atoms with van der Waals surface area (Å²) in [6.07, 6.45) is 2.26. The van der Waals surface area contributed by atoms with Crippen molar-refractivity contribution < 1.29 is 4.42 Å². The number of hydrogen-bond donors (Lipinski definition) is 1. The number of pyridine rings is 1. The molecule has 3 aromatic heterocycles. The second-order valence-corrected chi connectivity index (χ2v) is 7.48. The van der Waals surface area contributed by atoms with Crippen LogP contribution in [0.5, 0.6) is 0 Å². The van der Waals surface area contributed by atoms with Crippen molar-refractivity contribution in [3.63, 3.8) is 0 Å². The van der Waals surface area contributed by atoms with Crippen molar-refractivity contribution >= 4 is 0 Å². The minimum Gasteiger partial charge on any atom is -0.461 e. The Bertz CT molecular complexity index is 1330. The predicted octanol–water partition coefficient (Wildman–Crippen LogP) is 3.52. The Kier molecular flexibility index (Phi) is 4.90. The van der Waals surface area contributed by atoms with Gasteiger partial charge in [0.2, 0.25) is 0 Å². The van der Waals surface area contributed by atoms with Crippen LogP contribution in [0.3, 0.4) is 0 Å². The molecule has 1 N–H and O–H groups in total. The van der Waals surface area contributed by atoms with E-state index in [2.05, 4.69) is 20.9 Å². The Balaban J connectivity index is 1.36. The lowest BCUT2D eigenvalue weighted by molar-refractivity contribution is 0.239. The number of aromatic amines is 1. The molecule has 0 spiro atoms. The highest BCUT2D eigenvalue weighted by molar-refractivity contribution is 5.61. The van der Waals surface area contributed by atoms with E-state index in [1.165, 1.54) is 0 Å². The smallest absolute Gasteiger partial charge is 0.256 e. The van der Waals surface area contributed by atoms with Gasteiger partial charge >= 0.3 is 0 Å². The maximum atomic E-state index is 12.7. The van der Waals surface area contributed by atoms with E-state index in [-0.39, 0.29) is 5.56 Å². The number of fused-ring (bicyclic) bond motifs is 1. The number of aromatic nitrogens is 3. The van der Waals surface area contributed by atoms with Crippen molar-refractivity contribution in [2.24, 2.45) is 0 Å². The third-order valence-corrected chi connectivity index (χ3v) is 5.38. The molecule has 4 aromatic rings. The third kappa shape index (κ3) is 3.89. The summed E-state index contributed by atoms with van der Waals surface area (Å²) in [6.45, 7) is 1.94. The average Bonchev–Trinajstić information content (AvgIpc) is 3.35. The Labute approximate surface area is 178 Å².